The van der Waals surface area contributed by atoms with Crippen molar-refractivity contribution in [1.29, 1.82) is 0 Å². The van der Waals surface area contributed by atoms with Gasteiger partial charge in [-0.05, 0) is 51.0 Å². The third-order valence-corrected chi connectivity index (χ3v) is 6.33. The predicted molar refractivity (Wildman–Crippen MR) is 114 cm³/mol. The molecule has 1 amide bonds. The summed E-state index contributed by atoms with van der Waals surface area (Å²) in [5.41, 5.74) is 2.85. The minimum atomic E-state index is -0.0436. The molecule has 1 fully saturated rings. The fraction of sp³-hybridized carbons (Fsp3) is 0.381. The van der Waals surface area contributed by atoms with Crippen LogP contribution in [-0.4, -0.2) is 39.2 Å². The van der Waals surface area contributed by atoms with Gasteiger partial charge in [0.05, 0.1) is 23.9 Å². The highest BCUT2D eigenvalue weighted by Crippen LogP contribution is 2.27. The molecule has 1 atom stereocenters. The molecule has 3 aromatic heterocycles. The van der Waals surface area contributed by atoms with E-state index >= 15 is 0 Å². The average Bonchev–Trinajstić information content (AvgIpc) is 3.14. The van der Waals surface area contributed by atoms with Crippen LogP contribution in [0.15, 0.2) is 36.7 Å². The second-order valence-electron chi connectivity index (χ2n) is 7.31. The van der Waals surface area contributed by atoms with Gasteiger partial charge in [-0.15, -0.1) is 16.4 Å². The van der Waals surface area contributed by atoms with E-state index in [2.05, 4.69) is 30.4 Å². The van der Waals surface area contributed by atoms with E-state index in [-0.39, 0.29) is 11.8 Å². The number of carbonyl (C=O) groups excluding carboxylic acids is 1. The summed E-state index contributed by atoms with van der Waals surface area (Å²) in [5, 5.41) is 12.4. The maximum Gasteiger partial charge on any atom is 0.225 e. The molecule has 0 aromatic carbocycles. The van der Waals surface area contributed by atoms with E-state index in [1.54, 1.807) is 17.5 Å². The Balaban J connectivity index is 1.37. The van der Waals surface area contributed by atoms with Crippen LogP contribution in [0.1, 0.15) is 29.1 Å². The molecule has 8 heteroatoms. The lowest BCUT2D eigenvalue weighted by molar-refractivity contribution is -0.125. The topological polar surface area (TPSA) is 83.9 Å². The normalized spacial score (nSPS) is 16.6. The van der Waals surface area contributed by atoms with Gasteiger partial charge in [0.25, 0.3) is 0 Å². The number of aryl methyl sites for hydroxylation is 2. The van der Waals surface area contributed by atoms with Crippen LogP contribution in [0.4, 0.5) is 5.82 Å². The molecule has 4 rings (SSSR count). The van der Waals surface area contributed by atoms with E-state index in [1.165, 1.54) is 0 Å². The lowest BCUT2D eigenvalue weighted by Gasteiger charge is -2.32. The Labute approximate surface area is 174 Å². The minimum absolute atomic E-state index is 0.0436. The lowest BCUT2D eigenvalue weighted by atomic mass is 9.97. The Morgan fingerprint density at radius 1 is 1.28 bits per heavy atom. The molecule has 0 saturated carbocycles. The van der Waals surface area contributed by atoms with Gasteiger partial charge in [-0.3, -0.25) is 9.78 Å². The molecule has 1 saturated heterocycles. The zero-order chi connectivity index (χ0) is 20.2. The summed E-state index contributed by atoms with van der Waals surface area (Å²) in [6.45, 7) is 5.99. The van der Waals surface area contributed by atoms with Gasteiger partial charge in [0.2, 0.25) is 5.91 Å². The number of pyridine rings is 1. The smallest absolute Gasteiger partial charge is 0.225 e. The number of hydrogen-bond donors (Lipinski definition) is 1. The van der Waals surface area contributed by atoms with Crippen LogP contribution in [0, 0.1) is 19.8 Å². The molecule has 150 valence electrons. The Kier molecular flexibility index (Phi) is 5.80. The largest absolute Gasteiger partial charge is 0.354 e. The summed E-state index contributed by atoms with van der Waals surface area (Å²) in [7, 11) is 0. The first-order valence-corrected chi connectivity index (χ1v) is 10.6. The average molecular weight is 409 g/mol. The molecule has 7 nitrogen and oxygen atoms in total. The van der Waals surface area contributed by atoms with E-state index in [0.29, 0.717) is 13.1 Å². The van der Waals surface area contributed by atoms with Crippen LogP contribution in [0.25, 0.3) is 10.6 Å². The van der Waals surface area contributed by atoms with Gasteiger partial charge in [0, 0.05) is 35.9 Å². The zero-order valence-corrected chi connectivity index (χ0v) is 17.4. The van der Waals surface area contributed by atoms with Crippen molar-refractivity contribution < 1.29 is 4.79 Å². The fourth-order valence-corrected chi connectivity index (χ4v) is 4.47. The Bertz CT molecular complexity index is 973. The number of carbonyl (C=O) groups is 1. The van der Waals surface area contributed by atoms with E-state index in [9.17, 15) is 4.79 Å². The van der Waals surface area contributed by atoms with Gasteiger partial charge in [-0.2, -0.15) is 5.10 Å². The molecule has 4 heterocycles. The van der Waals surface area contributed by atoms with Crippen molar-refractivity contribution >= 4 is 23.1 Å². The number of rotatable bonds is 5. The number of piperidine rings is 1. The summed E-state index contributed by atoms with van der Waals surface area (Å²) < 4.78 is 0. The molecule has 1 unspecified atom stereocenters. The molecular formula is C21H24N6OS. The molecule has 0 spiro atoms. The SMILES string of the molecule is Cc1ccc(N2CCCC(C(=O)NCc3sc(-c4cccnc4)nc3C)C2)nn1. The Morgan fingerprint density at radius 3 is 2.93 bits per heavy atom. The van der Waals surface area contributed by atoms with Crippen molar-refractivity contribution in [2.24, 2.45) is 5.92 Å². The first-order chi connectivity index (χ1) is 14.1. The molecule has 3 aromatic rings. The second-order valence-corrected chi connectivity index (χ2v) is 8.39. The van der Waals surface area contributed by atoms with E-state index in [0.717, 1.165) is 52.0 Å². The summed E-state index contributed by atoms with van der Waals surface area (Å²) in [5.74, 6) is 0.885. The standard InChI is InChI=1S/C21H24N6OS/c1-14-7-8-19(26-25-14)27-10-4-6-17(13-27)20(28)23-12-18-15(2)24-21(29-18)16-5-3-9-22-11-16/h3,5,7-9,11,17H,4,6,10,12-13H2,1-2H3,(H,23,28). The van der Waals surface area contributed by atoms with Crippen LogP contribution >= 0.6 is 11.3 Å². The van der Waals surface area contributed by atoms with Crippen LogP contribution in [-0.2, 0) is 11.3 Å². The molecule has 1 aliphatic heterocycles. The van der Waals surface area contributed by atoms with Crippen molar-refractivity contribution in [3.05, 3.63) is 52.9 Å². The quantitative estimate of drug-likeness (QED) is 0.698. The summed E-state index contributed by atoms with van der Waals surface area (Å²) >= 11 is 1.61. The highest BCUT2D eigenvalue weighted by Gasteiger charge is 2.26. The molecule has 1 aliphatic rings. The van der Waals surface area contributed by atoms with E-state index < -0.39 is 0 Å². The molecule has 0 radical (unpaired) electrons. The van der Waals surface area contributed by atoms with Crippen molar-refractivity contribution in [3.8, 4) is 10.6 Å². The monoisotopic (exact) mass is 408 g/mol. The molecule has 0 bridgehead atoms. The first kappa shape index (κ1) is 19.4. The van der Waals surface area contributed by atoms with Gasteiger partial charge >= 0.3 is 0 Å². The van der Waals surface area contributed by atoms with Gasteiger partial charge in [0.15, 0.2) is 5.82 Å². The van der Waals surface area contributed by atoms with Gasteiger partial charge in [0.1, 0.15) is 5.01 Å². The Hall–Kier alpha value is -2.87. The van der Waals surface area contributed by atoms with Crippen LogP contribution in [0.5, 0.6) is 0 Å². The van der Waals surface area contributed by atoms with Crippen molar-refractivity contribution in [3.63, 3.8) is 0 Å². The minimum Gasteiger partial charge on any atom is -0.354 e. The first-order valence-electron chi connectivity index (χ1n) is 9.80. The Morgan fingerprint density at radius 2 is 2.17 bits per heavy atom. The van der Waals surface area contributed by atoms with Gasteiger partial charge in [-0.25, -0.2) is 4.98 Å². The number of thiazole rings is 1. The molecular weight excluding hydrogens is 384 g/mol. The zero-order valence-electron chi connectivity index (χ0n) is 16.6. The lowest BCUT2D eigenvalue weighted by Crippen LogP contribution is -2.43. The van der Waals surface area contributed by atoms with Gasteiger partial charge < -0.3 is 10.2 Å². The highest BCUT2D eigenvalue weighted by atomic mass is 32.1. The number of amides is 1. The molecule has 1 N–H and O–H groups in total. The summed E-state index contributed by atoms with van der Waals surface area (Å²) in [4.78, 5) is 24.8. The third kappa shape index (κ3) is 4.59. The second kappa shape index (κ2) is 8.65. The maximum absolute atomic E-state index is 12.8. The van der Waals surface area contributed by atoms with Gasteiger partial charge in [-0.1, -0.05) is 0 Å². The van der Waals surface area contributed by atoms with E-state index in [4.69, 9.17) is 0 Å². The van der Waals surface area contributed by atoms with E-state index in [1.807, 2.05) is 44.3 Å². The fourth-order valence-electron chi connectivity index (χ4n) is 3.48. The van der Waals surface area contributed by atoms with Crippen LogP contribution in [0.2, 0.25) is 0 Å². The number of hydrogen-bond acceptors (Lipinski definition) is 7. The predicted octanol–water partition coefficient (Wildman–Crippen LogP) is 3.14. The van der Waals surface area contributed by atoms with Crippen LogP contribution in [0.3, 0.4) is 0 Å². The number of aromatic nitrogens is 4. The molecule has 0 aliphatic carbocycles. The number of anilines is 1. The van der Waals surface area contributed by atoms with Crippen molar-refractivity contribution in [2.75, 3.05) is 18.0 Å². The van der Waals surface area contributed by atoms with Crippen molar-refractivity contribution in [1.82, 2.24) is 25.5 Å². The summed E-state index contributed by atoms with van der Waals surface area (Å²) in [6, 6.07) is 7.83. The molecule has 29 heavy (non-hydrogen) atoms. The summed E-state index contributed by atoms with van der Waals surface area (Å²) in [6.07, 6.45) is 5.43. The number of nitrogens with zero attached hydrogens (tertiary/aromatic N) is 5. The van der Waals surface area contributed by atoms with Crippen LogP contribution < -0.4 is 10.2 Å². The highest BCUT2D eigenvalue weighted by molar-refractivity contribution is 7.15. The third-order valence-electron chi connectivity index (χ3n) is 5.12. The van der Waals surface area contributed by atoms with Crippen molar-refractivity contribution in [2.45, 2.75) is 33.2 Å². The maximum atomic E-state index is 12.8. The number of nitrogens with one attached hydrogen (secondary N) is 1.